The first kappa shape index (κ1) is 5.57. The molecule has 1 fully saturated rings. The molecule has 0 amide bonds. The van der Waals surface area contributed by atoms with Gasteiger partial charge >= 0.3 is 0 Å². The highest BCUT2D eigenvalue weighted by atomic mass is 17.1. The molecule has 2 aliphatic heterocycles. The van der Waals surface area contributed by atoms with Gasteiger partial charge in [-0.15, -0.1) is 0 Å². The SMILES string of the molecule is c1ccc2c(c1)CC1ON1O2. The lowest BCUT2D eigenvalue weighted by atomic mass is 10.1. The maximum absolute atomic E-state index is 5.32. The average molecular weight is 149 g/mol. The van der Waals surface area contributed by atoms with E-state index in [9.17, 15) is 0 Å². The predicted molar refractivity (Wildman–Crippen MR) is 37.5 cm³/mol. The van der Waals surface area contributed by atoms with Crippen LogP contribution in [0.4, 0.5) is 0 Å². The zero-order valence-corrected chi connectivity index (χ0v) is 5.86. The predicted octanol–water partition coefficient (Wildman–Crippen LogP) is 1.11. The van der Waals surface area contributed by atoms with Crippen molar-refractivity contribution in [3.63, 3.8) is 0 Å². The maximum Gasteiger partial charge on any atom is 0.200 e. The number of nitrogens with zero attached hydrogens (tertiary/aromatic N) is 1. The Morgan fingerprint density at radius 1 is 1.36 bits per heavy atom. The minimum Gasteiger partial charge on any atom is -0.377 e. The van der Waals surface area contributed by atoms with Crippen molar-refractivity contribution in [1.29, 1.82) is 0 Å². The average Bonchev–Trinajstić information content (AvgIpc) is 2.77. The summed E-state index contributed by atoms with van der Waals surface area (Å²) in [6, 6.07) is 7.99. The van der Waals surface area contributed by atoms with Crippen molar-refractivity contribution in [2.75, 3.05) is 0 Å². The molecule has 3 nitrogen and oxygen atoms in total. The van der Waals surface area contributed by atoms with Crippen molar-refractivity contribution in [3.05, 3.63) is 29.8 Å². The highest BCUT2D eigenvalue weighted by Crippen LogP contribution is 2.35. The van der Waals surface area contributed by atoms with E-state index in [2.05, 4.69) is 6.07 Å². The molecule has 3 rings (SSSR count). The number of benzene rings is 1. The molecule has 56 valence electrons. The summed E-state index contributed by atoms with van der Waals surface area (Å²) in [4.78, 5) is 10.4. The van der Waals surface area contributed by atoms with Crippen molar-refractivity contribution >= 4 is 0 Å². The molecule has 0 saturated carbocycles. The molecule has 11 heavy (non-hydrogen) atoms. The Hall–Kier alpha value is -1.06. The van der Waals surface area contributed by atoms with E-state index in [4.69, 9.17) is 9.68 Å². The molecule has 0 spiro atoms. The van der Waals surface area contributed by atoms with Crippen molar-refractivity contribution in [3.8, 4) is 5.75 Å². The first-order valence-corrected chi connectivity index (χ1v) is 3.65. The fourth-order valence-corrected chi connectivity index (χ4v) is 1.33. The molecule has 2 heterocycles. The summed E-state index contributed by atoms with van der Waals surface area (Å²) in [6.45, 7) is 0. The van der Waals surface area contributed by atoms with Crippen LogP contribution in [0, 0.1) is 0 Å². The quantitative estimate of drug-likeness (QED) is 0.516. The Labute approximate surface area is 64.0 Å². The lowest BCUT2D eigenvalue weighted by Gasteiger charge is -2.11. The number of hydrogen-bond donors (Lipinski definition) is 0. The van der Waals surface area contributed by atoms with Crippen LogP contribution in [0.3, 0.4) is 0 Å². The summed E-state index contributed by atoms with van der Waals surface area (Å²) in [6.07, 6.45) is 1.11. The standard InChI is InChI=1S/C8H7NO2/c1-2-4-7-6(3-1)5-8-9(10-7)11-8/h1-4,8H,5H2. The summed E-state index contributed by atoms with van der Waals surface area (Å²) < 4.78 is 0. The number of para-hydroxylation sites is 1. The van der Waals surface area contributed by atoms with E-state index in [1.165, 1.54) is 10.8 Å². The van der Waals surface area contributed by atoms with E-state index in [1.54, 1.807) is 0 Å². The third-order valence-electron chi connectivity index (χ3n) is 1.97. The minimum atomic E-state index is 0.171. The summed E-state index contributed by atoms with van der Waals surface area (Å²) in [5, 5.41) is 1.53. The molecule has 1 saturated heterocycles. The smallest absolute Gasteiger partial charge is 0.200 e. The van der Waals surface area contributed by atoms with Gasteiger partial charge in [-0.05, 0) is 6.07 Å². The third kappa shape index (κ3) is 0.751. The van der Waals surface area contributed by atoms with Gasteiger partial charge in [0.25, 0.3) is 0 Å². The van der Waals surface area contributed by atoms with E-state index in [1.807, 2.05) is 18.2 Å². The van der Waals surface area contributed by atoms with Crippen LogP contribution < -0.4 is 4.84 Å². The summed E-state index contributed by atoms with van der Waals surface area (Å²) in [7, 11) is 0. The third-order valence-corrected chi connectivity index (χ3v) is 1.97. The number of rotatable bonds is 0. The van der Waals surface area contributed by atoms with Crippen LogP contribution in [0.15, 0.2) is 24.3 Å². The monoisotopic (exact) mass is 149 g/mol. The molecule has 2 aliphatic rings. The summed E-state index contributed by atoms with van der Waals surface area (Å²) in [5.41, 5.74) is 1.23. The van der Waals surface area contributed by atoms with E-state index in [0.717, 1.165) is 12.2 Å². The lowest BCUT2D eigenvalue weighted by molar-refractivity contribution is -0.0732. The summed E-state index contributed by atoms with van der Waals surface area (Å²) in [5.74, 6) is 0.918. The molecule has 2 unspecified atom stereocenters. The second kappa shape index (κ2) is 1.75. The van der Waals surface area contributed by atoms with E-state index in [0.29, 0.717) is 0 Å². The normalized spacial score (nSPS) is 31.6. The maximum atomic E-state index is 5.32. The Kier molecular flexibility index (Phi) is 0.887. The van der Waals surface area contributed by atoms with Crippen molar-refractivity contribution in [1.82, 2.24) is 5.23 Å². The van der Waals surface area contributed by atoms with Crippen molar-refractivity contribution < 1.29 is 9.68 Å². The molecule has 0 bridgehead atoms. The molecule has 3 heteroatoms. The van der Waals surface area contributed by atoms with E-state index >= 15 is 0 Å². The van der Waals surface area contributed by atoms with Crippen molar-refractivity contribution in [2.24, 2.45) is 0 Å². The zero-order valence-electron chi connectivity index (χ0n) is 5.86. The molecular formula is C8H7NO2. The first-order valence-electron chi connectivity index (χ1n) is 3.65. The van der Waals surface area contributed by atoms with Gasteiger partial charge in [0.1, 0.15) is 0 Å². The van der Waals surface area contributed by atoms with Crippen LogP contribution in [0.1, 0.15) is 5.56 Å². The fraction of sp³-hybridized carbons (Fsp3) is 0.250. The molecule has 0 radical (unpaired) electrons. The Balaban J connectivity index is 2.07. The van der Waals surface area contributed by atoms with Crippen LogP contribution in [0.2, 0.25) is 0 Å². The van der Waals surface area contributed by atoms with E-state index in [-0.39, 0.29) is 6.23 Å². The molecular weight excluding hydrogens is 142 g/mol. The Morgan fingerprint density at radius 2 is 2.27 bits per heavy atom. The molecule has 1 aromatic carbocycles. The number of hydroxylamine groups is 2. The second-order valence-electron chi connectivity index (χ2n) is 2.75. The van der Waals surface area contributed by atoms with Gasteiger partial charge in [-0.25, -0.2) is 4.84 Å². The topological polar surface area (TPSA) is 24.8 Å². The largest absolute Gasteiger partial charge is 0.377 e. The van der Waals surface area contributed by atoms with Gasteiger partial charge in [0.2, 0.25) is 6.23 Å². The zero-order chi connectivity index (χ0) is 7.26. The van der Waals surface area contributed by atoms with E-state index < -0.39 is 0 Å². The van der Waals surface area contributed by atoms with Gasteiger partial charge < -0.3 is 4.84 Å². The number of fused-ring (bicyclic) bond motifs is 2. The Morgan fingerprint density at radius 3 is 3.27 bits per heavy atom. The van der Waals surface area contributed by atoms with Gasteiger partial charge in [-0.3, -0.25) is 0 Å². The summed E-state index contributed by atoms with van der Waals surface area (Å²) >= 11 is 0. The van der Waals surface area contributed by atoms with Crippen LogP contribution in [-0.2, 0) is 11.3 Å². The van der Waals surface area contributed by atoms with Gasteiger partial charge in [-0.1, -0.05) is 18.2 Å². The van der Waals surface area contributed by atoms with Crippen LogP contribution >= 0.6 is 0 Å². The molecule has 0 aliphatic carbocycles. The van der Waals surface area contributed by atoms with Crippen LogP contribution in [0.5, 0.6) is 5.75 Å². The highest BCUT2D eigenvalue weighted by Gasteiger charge is 2.43. The fourth-order valence-electron chi connectivity index (χ4n) is 1.33. The second-order valence-corrected chi connectivity index (χ2v) is 2.75. The molecule has 0 N–H and O–H groups in total. The van der Waals surface area contributed by atoms with Crippen LogP contribution in [0.25, 0.3) is 0 Å². The van der Waals surface area contributed by atoms with Gasteiger partial charge in [0, 0.05) is 17.2 Å². The Bertz CT molecular complexity index is 271. The van der Waals surface area contributed by atoms with Gasteiger partial charge in [0.05, 0.1) is 0 Å². The lowest BCUT2D eigenvalue weighted by Crippen LogP contribution is -2.15. The number of hydrogen-bond acceptors (Lipinski definition) is 3. The first-order chi connectivity index (χ1) is 5.43. The molecule has 1 aromatic rings. The van der Waals surface area contributed by atoms with Crippen molar-refractivity contribution in [2.45, 2.75) is 12.6 Å². The van der Waals surface area contributed by atoms with Gasteiger partial charge in [-0.2, -0.15) is 0 Å². The molecule has 2 atom stereocenters. The minimum absolute atomic E-state index is 0.171. The highest BCUT2D eigenvalue weighted by molar-refractivity contribution is 5.35. The molecule has 0 aromatic heterocycles. The van der Waals surface area contributed by atoms with Gasteiger partial charge in [0.15, 0.2) is 5.75 Å². The van der Waals surface area contributed by atoms with Crippen LogP contribution in [-0.4, -0.2) is 11.5 Å².